The number of hydrogen-bond donors (Lipinski definition) is 0. The Morgan fingerprint density at radius 1 is 2.00 bits per heavy atom. The first-order valence-corrected chi connectivity index (χ1v) is 2.91. The summed E-state index contributed by atoms with van der Waals surface area (Å²) < 4.78 is 0. The van der Waals surface area contributed by atoms with E-state index in [0.717, 1.165) is 0 Å². The molecule has 4 heavy (non-hydrogen) atoms. The summed E-state index contributed by atoms with van der Waals surface area (Å²) >= 11 is 3.79. The first-order valence-electron chi connectivity index (χ1n) is 0.508. The van der Waals surface area contributed by atoms with Gasteiger partial charge in [-0.3, -0.25) is 0 Å². The van der Waals surface area contributed by atoms with E-state index in [-0.39, 0.29) is 0 Å². The predicted molar refractivity (Wildman–Crippen MR) is 5.61 cm³/mol. The molecule has 0 aromatic heterocycles. The fourth-order valence-electron chi connectivity index (χ4n) is 0. The van der Waals surface area contributed by atoms with Crippen LogP contribution in [0.25, 0.3) is 0 Å². The number of nitriles is 1. The average molecular weight is 141 g/mol. The summed E-state index contributed by atoms with van der Waals surface area (Å²) in [6.45, 7) is 0. The first-order chi connectivity index (χ1) is 1.91. The topological polar surface area (TPSA) is 23.8 Å². The van der Waals surface area contributed by atoms with Gasteiger partial charge in [-0.25, -0.2) is 0 Å². The Bertz CT molecular complexity index is 37.8. The monoisotopic (exact) mass is 141 g/mol. The molecule has 26 valence electrons. The van der Waals surface area contributed by atoms with Crippen molar-refractivity contribution in [1.82, 2.24) is 0 Å². The zero-order valence-electron chi connectivity index (χ0n) is 1.63. The van der Waals surface area contributed by atoms with Crippen molar-refractivity contribution in [2.75, 3.05) is 0 Å². The van der Waals surface area contributed by atoms with Crippen molar-refractivity contribution >= 4 is 0 Å². The van der Waals surface area contributed by atoms with Crippen LogP contribution in [0.15, 0.2) is 0 Å². The van der Waals surface area contributed by atoms with Crippen molar-refractivity contribution in [3.8, 4) is 5.00 Å². The summed E-state index contributed by atoms with van der Waals surface area (Å²) in [6.07, 6.45) is 0. The Morgan fingerprint density at radius 3 is 2.25 bits per heavy atom. The summed E-state index contributed by atoms with van der Waals surface area (Å²) in [6, 6.07) is 0. The van der Waals surface area contributed by atoms with Gasteiger partial charge < -0.3 is 0 Å². The molecule has 0 radical (unpaired) electrons. The Morgan fingerprint density at radius 2 is 2.25 bits per heavy atom. The van der Waals surface area contributed by atoms with Crippen molar-refractivity contribution in [2.24, 2.45) is 0 Å². The van der Waals surface area contributed by atoms with Crippen molar-refractivity contribution in [3.05, 3.63) is 0 Å². The third kappa shape index (κ3) is 2.52. The minimum absolute atomic E-state index is 0.576. The predicted octanol–water partition coefficient (Wildman–Crippen LogP) is 0.0118. The number of nitrogens with zero attached hydrogens (tertiary/aromatic N) is 1. The van der Waals surface area contributed by atoms with Crippen LogP contribution in [0.3, 0.4) is 0 Å². The molecule has 0 saturated heterocycles. The molecular weight excluding hydrogens is 141 g/mol. The second kappa shape index (κ2) is 3.52. The molecule has 0 aliphatic heterocycles. The van der Waals surface area contributed by atoms with Crippen molar-refractivity contribution in [2.45, 2.75) is 0 Å². The molecule has 0 rings (SSSR count). The summed E-state index contributed by atoms with van der Waals surface area (Å²) in [5, 5.41) is 9.34. The van der Waals surface area contributed by atoms with Crippen molar-refractivity contribution < 1.29 is 27.1 Å². The van der Waals surface area contributed by atoms with E-state index >= 15 is 0 Å². The maximum absolute atomic E-state index is 7.55. The van der Waals surface area contributed by atoms with E-state index in [1.807, 2.05) is 0 Å². The van der Waals surface area contributed by atoms with E-state index in [1.54, 1.807) is 5.00 Å². The van der Waals surface area contributed by atoms with Crippen LogP contribution < -0.4 is 0 Å². The molecule has 0 atom stereocenters. The molecule has 0 aromatic rings. The third-order valence-corrected chi connectivity index (χ3v) is 0.448. The molecule has 0 spiro atoms. The SMILES string of the molecule is N#[C][Co][Fe]. The van der Waals surface area contributed by atoms with E-state index in [0.29, 0.717) is 12.9 Å². The van der Waals surface area contributed by atoms with Crippen LogP contribution in [0.4, 0.5) is 0 Å². The van der Waals surface area contributed by atoms with Crippen LogP contribution >= 0.6 is 0 Å². The summed E-state index contributed by atoms with van der Waals surface area (Å²) in [4.78, 5) is 0. The van der Waals surface area contributed by atoms with Gasteiger partial charge in [-0.15, -0.1) is 0 Å². The molecule has 0 aromatic carbocycles. The van der Waals surface area contributed by atoms with E-state index in [4.69, 9.17) is 5.26 Å². The third-order valence-electron chi connectivity index (χ3n) is 0.0264. The van der Waals surface area contributed by atoms with Crippen molar-refractivity contribution in [1.29, 1.82) is 5.26 Å². The van der Waals surface area contributed by atoms with Crippen LogP contribution in [0.5, 0.6) is 0 Å². The van der Waals surface area contributed by atoms with Gasteiger partial charge in [-0.2, -0.15) is 0 Å². The van der Waals surface area contributed by atoms with Gasteiger partial charge in [0.05, 0.1) is 0 Å². The molecule has 0 fully saturated rings. The van der Waals surface area contributed by atoms with Gasteiger partial charge >= 0.3 is 37.4 Å². The Kier molecular flexibility index (Phi) is 3.97. The Hall–Kier alpha value is 0.516. The van der Waals surface area contributed by atoms with Gasteiger partial charge in [0.1, 0.15) is 0 Å². The quantitative estimate of drug-likeness (QED) is 0.435. The Labute approximate surface area is 37.8 Å². The summed E-state index contributed by atoms with van der Waals surface area (Å²) in [5.41, 5.74) is 0. The van der Waals surface area contributed by atoms with Gasteiger partial charge in [0.15, 0.2) is 0 Å². The molecule has 0 heterocycles. The molecule has 0 amide bonds. The van der Waals surface area contributed by atoms with Gasteiger partial charge in [-0.1, -0.05) is 0 Å². The van der Waals surface area contributed by atoms with Crippen LogP contribution in [0.1, 0.15) is 0 Å². The van der Waals surface area contributed by atoms with Crippen molar-refractivity contribution in [3.63, 3.8) is 0 Å². The zero-order valence-corrected chi connectivity index (χ0v) is 3.78. The van der Waals surface area contributed by atoms with Gasteiger partial charge in [0.25, 0.3) is 0 Å². The van der Waals surface area contributed by atoms with E-state index < -0.39 is 0 Å². The second-order valence-corrected chi connectivity index (χ2v) is 1.31. The first kappa shape index (κ1) is 4.52. The van der Waals surface area contributed by atoms with Gasteiger partial charge in [0, 0.05) is 0 Å². The molecular formula is CCoFeN. The Balaban J connectivity index is 2.43. The molecule has 0 unspecified atom stereocenters. The number of rotatable bonds is 0. The van der Waals surface area contributed by atoms with Crippen LogP contribution in [0.2, 0.25) is 0 Å². The normalized spacial score (nSPS) is 6.00. The van der Waals surface area contributed by atoms with Crippen LogP contribution in [-0.4, -0.2) is 0 Å². The van der Waals surface area contributed by atoms with Gasteiger partial charge in [0.2, 0.25) is 0 Å². The van der Waals surface area contributed by atoms with Crippen LogP contribution in [0, 0.1) is 10.3 Å². The molecule has 0 aliphatic carbocycles. The minimum atomic E-state index is 0.576. The fourth-order valence-corrected chi connectivity index (χ4v) is 0. The molecule has 0 saturated carbocycles. The zero-order chi connectivity index (χ0) is 3.41. The standard InChI is InChI=1S/CN.Co.Fe/c1-2;;. The summed E-state index contributed by atoms with van der Waals surface area (Å²) in [7, 11) is 0. The number of hydrogen-bond acceptors (Lipinski definition) is 1. The molecule has 3 heteroatoms. The average Bonchev–Trinajstić information content (AvgIpc) is 1.37. The van der Waals surface area contributed by atoms with Crippen LogP contribution in [-0.2, 0) is 27.1 Å². The van der Waals surface area contributed by atoms with E-state index in [9.17, 15) is 0 Å². The van der Waals surface area contributed by atoms with Gasteiger partial charge in [-0.05, 0) is 0 Å². The maximum atomic E-state index is 7.55. The van der Waals surface area contributed by atoms with E-state index in [1.165, 1.54) is 0 Å². The fraction of sp³-hybridized carbons (Fsp3) is 0. The second-order valence-electron chi connectivity index (χ2n) is 0.133. The molecule has 0 aliphatic rings. The molecule has 1 nitrogen and oxygen atoms in total. The molecule has 0 bridgehead atoms. The summed E-state index contributed by atoms with van der Waals surface area (Å²) in [5.74, 6) is 0. The van der Waals surface area contributed by atoms with E-state index in [2.05, 4.69) is 14.2 Å². The molecule has 0 N–H and O–H groups in total.